The van der Waals surface area contributed by atoms with Crippen LogP contribution < -0.4 is 4.74 Å². The third-order valence-electron chi connectivity index (χ3n) is 4.30. The van der Waals surface area contributed by atoms with Crippen molar-refractivity contribution in [1.82, 2.24) is 0 Å². The van der Waals surface area contributed by atoms with Crippen LogP contribution in [0, 0.1) is 6.92 Å². The van der Waals surface area contributed by atoms with E-state index in [1.807, 2.05) is 12.1 Å². The molecule has 1 saturated heterocycles. The monoisotopic (exact) mass is 360 g/mol. The number of hydrogen-bond acceptors (Lipinski definition) is 4. The fourth-order valence-corrected chi connectivity index (χ4v) is 4.30. The quantitative estimate of drug-likeness (QED) is 0.759. The van der Waals surface area contributed by atoms with Crippen LogP contribution in [-0.2, 0) is 20.0 Å². The zero-order valence-corrected chi connectivity index (χ0v) is 15.9. The van der Waals surface area contributed by atoms with Crippen LogP contribution in [0.4, 0.5) is 0 Å². The second-order valence-electron chi connectivity index (χ2n) is 7.45. The predicted octanol–water partition coefficient (Wildman–Crippen LogP) is 3.90. The number of sulfone groups is 1. The number of rotatable bonds is 5. The van der Waals surface area contributed by atoms with E-state index < -0.39 is 9.84 Å². The Labute approximate surface area is 149 Å². The van der Waals surface area contributed by atoms with E-state index in [0.29, 0.717) is 24.5 Å². The van der Waals surface area contributed by atoms with E-state index in [4.69, 9.17) is 9.47 Å². The first-order chi connectivity index (χ1) is 11.7. The standard InChI is InChI=1S/C20H24O4S/c1-14-6-5-7-18(24-13-16-12-23-16)19(14)25(21,22)17-10-8-15(9-11-17)20(2,3)4/h5-11,16H,12-13H2,1-4H3. The average Bonchev–Trinajstić information content (AvgIpc) is 3.36. The number of hydrogen-bond donors (Lipinski definition) is 0. The summed E-state index contributed by atoms with van der Waals surface area (Å²) in [7, 11) is -3.66. The van der Waals surface area contributed by atoms with Crippen LogP contribution >= 0.6 is 0 Å². The van der Waals surface area contributed by atoms with Crippen LogP contribution in [0.3, 0.4) is 0 Å². The minimum atomic E-state index is -3.66. The molecule has 1 unspecified atom stereocenters. The van der Waals surface area contributed by atoms with Crippen LogP contribution in [-0.4, -0.2) is 27.7 Å². The molecule has 1 aliphatic rings. The van der Waals surface area contributed by atoms with Crippen molar-refractivity contribution >= 4 is 9.84 Å². The Morgan fingerprint density at radius 1 is 1.12 bits per heavy atom. The molecule has 0 spiro atoms. The summed E-state index contributed by atoms with van der Waals surface area (Å²) in [6.45, 7) is 9.13. The van der Waals surface area contributed by atoms with Crippen molar-refractivity contribution in [2.24, 2.45) is 0 Å². The lowest BCUT2D eigenvalue weighted by Crippen LogP contribution is -2.13. The van der Waals surface area contributed by atoms with Crippen LogP contribution in [0.1, 0.15) is 31.9 Å². The van der Waals surface area contributed by atoms with Crippen molar-refractivity contribution in [1.29, 1.82) is 0 Å². The Bertz CT molecular complexity index is 858. The number of epoxide rings is 1. The number of benzene rings is 2. The molecule has 0 amide bonds. The van der Waals surface area contributed by atoms with Gasteiger partial charge in [-0.1, -0.05) is 45.0 Å². The molecule has 5 heteroatoms. The van der Waals surface area contributed by atoms with E-state index in [-0.39, 0.29) is 21.3 Å². The summed E-state index contributed by atoms with van der Waals surface area (Å²) in [4.78, 5) is 0.515. The van der Waals surface area contributed by atoms with Gasteiger partial charge in [0, 0.05) is 0 Å². The van der Waals surface area contributed by atoms with Gasteiger partial charge in [0.2, 0.25) is 9.84 Å². The van der Waals surface area contributed by atoms with Crippen LogP contribution in [0.25, 0.3) is 0 Å². The van der Waals surface area contributed by atoms with Gasteiger partial charge in [-0.15, -0.1) is 0 Å². The molecule has 4 nitrogen and oxygen atoms in total. The molecule has 1 heterocycles. The van der Waals surface area contributed by atoms with E-state index in [1.54, 1.807) is 37.3 Å². The summed E-state index contributed by atoms with van der Waals surface area (Å²) in [5.74, 6) is 0.385. The summed E-state index contributed by atoms with van der Waals surface area (Å²) in [5.41, 5.74) is 1.75. The molecule has 0 saturated carbocycles. The lowest BCUT2D eigenvalue weighted by atomic mass is 9.87. The molecule has 0 radical (unpaired) electrons. The zero-order chi connectivity index (χ0) is 18.2. The van der Waals surface area contributed by atoms with E-state index >= 15 is 0 Å². The van der Waals surface area contributed by atoms with Crippen LogP contribution in [0.2, 0.25) is 0 Å². The SMILES string of the molecule is Cc1cccc(OCC2CO2)c1S(=O)(=O)c1ccc(C(C)(C)C)cc1. The first kappa shape index (κ1) is 18.0. The van der Waals surface area contributed by atoms with E-state index in [1.165, 1.54) is 0 Å². The van der Waals surface area contributed by atoms with Gasteiger partial charge >= 0.3 is 0 Å². The van der Waals surface area contributed by atoms with Gasteiger partial charge in [0.25, 0.3) is 0 Å². The predicted molar refractivity (Wildman–Crippen MR) is 97.0 cm³/mol. The first-order valence-corrected chi connectivity index (χ1v) is 9.87. The summed E-state index contributed by atoms with van der Waals surface area (Å²) < 4.78 is 37.2. The minimum Gasteiger partial charge on any atom is -0.489 e. The van der Waals surface area contributed by atoms with Crippen LogP contribution in [0.5, 0.6) is 5.75 Å². The minimum absolute atomic E-state index is 0.0243. The molecule has 1 aliphatic heterocycles. The van der Waals surface area contributed by atoms with Crippen LogP contribution in [0.15, 0.2) is 52.3 Å². The lowest BCUT2D eigenvalue weighted by Gasteiger charge is -2.19. The molecule has 134 valence electrons. The zero-order valence-electron chi connectivity index (χ0n) is 15.1. The highest BCUT2D eigenvalue weighted by Gasteiger charge is 2.28. The highest BCUT2D eigenvalue weighted by molar-refractivity contribution is 7.91. The molecule has 25 heavy (non-hydrogen) atoms. The Morgan fingerprint density at radius 3 is 2.32 bits per heavy atom. The smallest absolute Gasteiger partial charge is 0.210 e. The highest BCUT2D eigenvalue weighted by Crippen LogP contribution is 2.34. The summed E-state index contributed by atoms with van der Waals surface area (Å²) >= 11 is 0. The highest BCUT2D eigenvalue weighted by atomic mass is 32.2. The number of ether oxygens (including phenoxy) is 2. The van der Waals surface area contributed by atoms with Crippen molar-refractivity contribution in [3.05, 3.63) is 53.6 Å². The second-order valence-corrected chi connectivity index (χ2v) is 9.33. The topological polar surface area (TPSA) is 55.9 Å². The molecule has 1 atom stereocenters. The third kappa shape index (κ3) is 3.88. The number of aryl methyl sites for hydroxylation is 1. The largest absolute Gasteiger partial charge is 0.489 e. The maximum atomic E-state index is 13.2. The van der Waals surface area contributed by atoms with E-state index in [0.717, 1.165) is 5.56 Å². The maximum Gasteiger partial charge on any atom is 0.210 e. The van der Waals surface area contributed by atoms with Gasteiger partial charge in [0.05, 0.1) is 11.5 Å². The average molecular weight is 360 g/mol. The van der Waals surface area contributed by atoms with Gasteiger partial charge in [0.15, 0.2) is 0 Å². The van der Waals surface area contributed by atoms with Gasteiger partial charge in [-0.2, -0.15) is 0 Å². The molecule has 1 fully saturated rings. The normalized spacial score (nSPS) is 17.4. The lowest BCUT2D eigenvalue weighted by molar-refractivity contribution is 0.257. The molecule has 2 aromatic rings. The molecule has 0 aliphatic carbocycles. The Morgan fingerprint density at radius 2 is 1.76 bits per heavy atom. The molecular weight excluding hydrogens is 336 g/mol. The summed E-state index contributed by atoms with van der Waals surface area (Å²) in [6.07, 6.45) is 0.0714. The van der Waals surface area contributed by atoms with E-state index in [9.17, 15) is 8.42 Å². The Hall–Kier alpha value is -1.85. The molecule has 3 rings (SSSR count). The van der Waals surface area contributed by atoms with Gasteiger partial charge in [-0.3, -0.25) is 0 Å². The fourth-order valence-electron chi connectivity index (χ4n) is 2.68. The van der Waals surface area contributed by atoms with Gasteiger partial charge in [0.1, 0.15) is 23.4 Å². The molecule has 0 N–H and O–H groups in total. The van der Waals surface area contributed by atoms with Crippen molar-refractivity contribution in [2.45, 2.75) is 49.0 Å². The summed E-state index contributed by atoms with van der Waals surface area (Å²) in [5, 5.41) is 0. The molecule has 0 bridgehead atoms. The molecule has 2 aromatic carbocycles. The fraction of sp³-hybridized carbons (Fsp3) is 0.400. The van der Waals surface area contributed by atoms with Crippen molar-refractivity contribution < 1.29 is 17.9 Å². The van der Waals surface area contributed by atoms with Gasteiger partial charge in [-0.05, 0) is 41.7 Å². The van der Waals surface area contributed by atoms with Crippen molar-refractivity contribution in [3.63, 3.8) is 0 Å². The third-order valence-corrected chi connectivity index (χ3v) is 6.26. The Kier molecular flexibility index (Phi) is 4.64. The second kappa shape index (κ2) is 6.46. The molecule has 0 aromatic heterocycles. The Balaban J connectivity index is 1.99. The molecular formula is C20H24O4S. The van der Waals surface area contributed by atoms with Gasteiger partial charge < -0.3 is 9.47 Å². The van der Waals surface area contributed by atoms with E-state index in [2.05, 4.69) is 20.8 Å². The van der Waals surface area contributed by atoms with Gasteiger partial charge in [-0.25, -0.2) is 8.42 Å². The maximum absolute atomic E-state index is 13.2. The first-order valence-electron chi connectivity index (χ1n) is 8.39. The summed E-state index contributed by atoms with van der Waals surface area (Å²) in [6, 6.07) is 12.4. The van der Waals surface area contributed by atoms with Crippen molar-refractivity contribution in [2.75, 3.05) is 13.2 Å². The van der Waals surface area contributed by atoms with Crippen molar-refractivity contribution in [3.8, 4) is 5.75 Å².